The monoisotopic (exact) mass is 233 g/mol. The minimum atomic E-state index is 0.571. The number of nitrogens with one attached hydrogen (secondary N) is 1. The van der Waals surface area contributed by atoms with Gasteiger partial charge in [0.05, 0.1) is 0 Å². The zero-order valence-electron chi connectivity index (χ0n) is 12.1. The Hall–Kier alpha value is -0.820. The van der Waals surface area contributed by atoms with Crippen molar-refractivity contribution in [2.45, 2.75) is 59.9 Å². The Balaban J connectivity index is 2.61. The van der Waals surface area contributed by atoms with Crippen LogP contribution in [0.25, 0.3) is 0 Å². The second kappa shape index (κ2) is 6.80. The van der Waals surface area contributed by atoms with Gasteiger partial charge in [0.15, 0.2) is 0 Å². The van der Waals surface area contributed by atoms with Crippen LogP contribution in [0.5, 0.6) is 0 Å². The SMILES string of the molecule is CCCCNC(C)Cc1c(C)cc(C)cc1C. The molecule has 0 heterocycles. The number of hydrogen-bond donors (Lipinski definition) is 1. The molecule has 0 spiro atoms. The molecule has 0 saturated carbocycles. The molecule has 1 aromatic rings. The third-order valence-electron chi connectivity index (χ3n) is 3.37. The van der Waals surface area contributed by atoms with Gasteiger partial charge >= 0.3 is 0 Å². The molecular formula is C16H27N. The van der Waals surface area contributed by atoms with E-state index in [2.05, 4.69) is 52.1 Å². The molecule has 0 aliphatic rings. The van der Waals surface area contributed by atoms with Gasteiger partial charge in [-0.3, -0.25) is 0 Å². The Kier molecular flexibility index (Phi) is 5.70. The zero-order chi connectivity index (χ0) is 12.8. The fourth-order valence-corrected chi connectivity index (χ4v) is 2.44. The Morgan fingerprint density at radius 2 is 1.71 bits per heavy atom. The number of aryl methyl sites for hydroxylation is 3. The van der Waals surface area contributed by atoms with E-state index in [4.69, 9.17) is 0 Å². The van der Waals surface area contributed by atoms with Gasteiger partial charge in [0.25, 0.3) is 0 Å². The molecule has 1 N–H and O–H groups in total. The van der Waals surface area contributed by atoms with Crippen molar-refractivity contribution in [2.75, 3.05) is 6.54 Å². The molecule has 1 heteroatoms. The molecular weight excluding hydrogens is 206 g/mol. The number of benzene rings is 1. The Bertz CT molecular complexity index is 332. The van der Waals surface area contributed by atoms with E-state index >= 15 is 0 Å². The predicted octanol–water partition coefficient (Wildman–Crippen LogP) is 3.93. The molecule has 17 heavy (non-hydrogen) atoms. The van der Waals surface area contributed by atoms with Crippen LogP contribution in [-0.4, -0.2) is 12.6 Å². The van der Waals surface area contributed by atoms with Gasteiger partial charge in [0.1, 0.15) is 0 Å². The molecule has 1 atom stereocenters. The van der Waals surface area contributed by atoms with Gasteiger partial charge in [0, 0.05) is 6.04 Å². The summed E-state index contributed by atoms with van der Waals surface area (Å²) in [6, 6.07) is 5.16. The fourth-order valence-electron chi connectivity index (χ4n) is 2.44. The molecule has 0 aromatic heterocycles. The third-order valence-corrected chi connectivity index (χ3v) is 3.37. The average molecular weight is 233 g/mol. The van der Waals surface area contributed by atoms with Crippen molar-refractivity contribution in [3.8, 4) is 0 Å². The minimum absolute atomic E-state index is 0.571. The molecule has 1 nitrogen and oxygen atoms in total. The zero-order valence-corrected chi connectivity index (χ0v) is 12.1. The lowest BCUT2D eigenvalue weighted by Gasteiger charge is -2.17. The van der Waals surface area contributed by atoms with Crippen LogP contribution in [-0.2, 0) is 6.42 Å². The highest BCUT2D eigenvalue weighted by molar-refractivity contribution is 5.37. The van der Waals surface area contributed by atoms with E-state index < -0.39 is 0 Å². The van der Waals surface area contributed by atoms with Crippen LogP contribution in [0.2, 0.25) is 0 Å². The van der Waals surface area contributed by atoms with Crippen LogP contribution in [0.3, 0.4) is 0 Å². The maximum atomic E-state index is 3.60. The summed E-state index contributed by atoms with van der Waals surface area (Å²) in [6.07, 6.45) is 3.68. The van der Waals surface area contributed by atoms with Crippen LogP contribution in [0.1, 0.15) is 48.9 Å². The van der Waals surface area contributed by atoms with Crippen LogP contribution in [0, 0.1) is 20.8 Å². The summed E-state index contributed by atoms with van der Waals surface area (Å²) < 4.78 is 0. The first-order valence-electron chi connectivity index (χ1n) is 6.84. The van der Waals surface area contributed by atoms with E-state index in [1.54, 1.807) is 0 Å². The Morgan fingerprint density at radius 3 is 2.24 bits per heavy atom. The van der Waals surface area contributed by atoms with Gasteiger partial charge in [-0.25, -0.2) is 0 Å². The molecule has 0 bridgehead atoms. The quantitative estimate of drug-likeness (QED) is 0.734. The summed E-state index contributed by atoms with van der Waals surface area (Å²) in [4.78, 5) is 0. The van der Waals surface area contributed by atoms with E-state index in [9.17, 15) is 0 Å². The highest BCUT2D eigenvalue weighted by Gasteiger charge is 2.08. The lowest BCUT2D eigenvalue weighted by molar-refractivity contribution is 0.529. The largest absolute Gasteiger partial charge is 0.314 e. The molecule has 96 valence electrons. The first-order valence-corrected chi connectivity index (χ1v) is 6.84. The molecule has 0 amide bonds. The maximum absolute atomic E-state index is 3.60. The summed E-state index contributed by atoms with van der Waals surface area (Å²) in [5, 5.41) is 3.60. The third kappa shape index (κ3) is 4.51. The van der Waals surface area contributed by atoms with Gasteiger partial charge in [0.2, 0.25) is 0 Å². The van der Waals surface area contributed by atoms with Gasteiger partial charge < -0.3 is 5.32 Å². The predicted molar refractivity (Wildman–Crippen MR) is 76.7 cm³/mol. The van der Waals surface area contributed by atoms with Gasteiger partial charge in [-0.1, -0.05) is 31.0 Å². The maximum Gasteiger partial charge on any atom is 0.00793 e. The highest BCUT2D eigenvalue weighted by atomic mass is 14.9. The van der Waals surface area contributed by atoms with Crippen molar-refractivity contribution >= 4 is 0 Å². The number of hydrogen-bond acceptors (Lipinski definition) is 1. The molecule has 0 aliphatic heterocycles. The molecule has 0 saturated heterocycles. The van der Waals surface area contributed by atoms with Crippen LogP contribution < -0.4 is 5.32 Å². The van der Waals surface area contributed by atoms with Crippen LogP contribution in [0.4, 0.5) is 0 Å². The first kappa shape index (κ1) is 14.2. The smallest absolute Gasteiger partial charge is 0.00793 e. The normalized spacial score (nSPS) is 12.8. The molecule has 1 rings (SSSR count). The average Bonchev–Trinajstić information content (AvgIpc) is 2.24. The lowest BCUT2D eigenvalue weighted by atomic mass is 9.95. The van der Waals surface area contributed by atoms with E-state index in [-0.39, 0.29) is 0 Å². The van der Waals surface area contributed by atoms with E-state index in [1.807, 2.05) is 0 Å². The second-order valence-corrected chi connectivity index (χ2v) is 5.29. The molecule has 1 unspecified atom stereocenters. The summed E-state index contributed by atoms with van der Waals surface area (Å²) in [5.41, 5.74) is 5.76. The topological polar surface area (TPSA) is 12.0 Å². The molecule has 0 fully saturated rings. The van der Waals surface area contributed by atoms with Crippen molar-refractivity contribution < 1.29 is 0 Å². The number of unbranched alkanes of at least 4 members (excludes halogenated alkanes) is 1. The standard InChI is InChI=1S/C16H27N/c1-6-7-8-17-15(5)11-16-13(3)9-12(2)10-14(16)4/h9-10,15,17H,6-8,11H2,1-5H3. The summed E-state index contributed by atoms with van der Waals surface area (Å²) in [6.45, 7) is 12.3. The summed E-state index contributed by atoms with van der Waals surface area (Å²) in [7, 11) is 0. The van der Waals surface area contributed by atoms with Crippen molar-refractivity contribution in [1.29, 1.82) is 0 Å². The van der Waals surface area contributed by atoms with Gasteiger partial charge in [-0.05, 0) is 63.8 Å². The van der Waals surface area contributed by atoms with Crippen molar-refractivity contribution in [3.63, 3.8) is 0 Å². The van der Waals surface area contributed by atoms with E-state index in [0.717, 1.165) is 13.0 Å². The molecule has 0 radical (unpaired) electrons. The highest BCUT2D eigenvalue weighted by Crippen LogP contribution is 2.18. The summed E-state index contributed by atoms with van der Waals surface area (Å²) in [5.74, 6) is 0. The molecule has 1 aromatic carbocycles. The van der Waals surface area contributed by atoms with Crippen molar-refractivity contribution in [2.24, 2.45) is 0 Å². The van der Waals surface area contributed by atoms with E-state index in [1.165, 1.54) is 35.1 Å². The second-order valence-electron chi connectivity index (χ2n) is 5.29. The van der Waals surface area contributed by atoms with Crippen molar-refractivity contribution in [3.05, 3.63) is 34.4 Å². The van der Waals surface area contributed by atoms with Gasteiger partial charge in [-0.2, -0.15) is 0 Å². The fraction of sp³-hybridized carbons (Fsp3) is 0.625. The van der Waals surface area contributed by atoms with Crippen LogP contribution in [0.15, 0.2) is 12.1 Å². The first-order chi connectivity index (χ1) is 8.04. The lowest BCUT2D eigenvalue weighted by Crippen LogP contribution is -2.29. The number of rotatable bonds is 6. The Morgan fingerprint density at radius 1 is 1.12 bits per heavy atom. The van der Waals surface area contributed by atoms with Crippen LogP contribution >= 0.6 is 0 Å². The Labute approximate surface area is 107 Å². The van der Waals surface area contributed by atoms with E-state index in [0.29, 0.717) is 6.04 Å². The molecule has 0 aliphatic carbocycles. The van der Waals surface area contributed by atoms with Crippen molar-refractivity contribution in [1.82, 2.24) is 5.32 Å². The van der Waals surface area contributed by atoms with Gasteiger partial charge in [-0.15, -0.1) is 0 Å². The minimum Gasteiger partial charge on any atom is -0.314 e. The summed E-state index contributed by atoms with van der Waals surface area (Å²) >= 11 is 0.